The van der Waals surface area contributed by atoms with Crippen LogP contribution in [0.4, 0.5) is 11.4 Å². The molecule has 4 rings (SSSR count). The number of hydrogen-bond donors (Lipinski definition) is 4. The summed E-state index contributed by atoms with van der Waals surface area (Å²) >= 11 is 6.23. The number of aliphatic hydroxyl groups is 2. The van der Waals surface area contributed by atoms with Crippen molar-refractivity contribution in [3.63, 3.8) is 0 Å². The summed E-state index contributed by atoms with van der Waals surface area (Å²) in [6.45, 7) is 3.62. The SMILES string of the molecule is C[C@@H](/C=C/CCO)[C@]1(O)C(=O)N(Cc2cccc(NC(=O)C3CCCNC3)c2)c2ccc(Cl)cc21. The van der Waals surface area contributed by atoms with E-state index in [1.165, 1.54) is 0 Å². The average molecular weight is 498 g/mol. The highest BCUT2D eigenvalue weighted by atomic mass is 35.5. The second-order valence-electron chi connectivity index (χ2n) is 9.28. The van der Waals surface area contributed by atoms with Gasteiger partial charge in [0, 0.05) is 35.3 Å². The number of anilines is 2. The van der Waals surface area contributed by atoms with Crippen LogP contribution in [-0.4, -0.2) is 41.7 Å². The molecule has 8 heteroatoms. The highest BCUT2D eigenvalue weighted by molar-refractivity contribution is 6.31. The quantitative estimate of drug-likeness (QED) is 0.417. The number of rotatable bonds is 8. The number of aliphatic hydroxyl groups excluding tert-OH is 1. The Hall–Kier alpha value is -2.71. The van der Waals surface area contributed by atoms with Crippen LogP contribution in [0.5, 0.6) is 0 Å². The topological polar surface area (TPSA) is 102 Å². The van der Waals surface area contributed by atoms with E-state index in [0.717, 1.165) is 24.9 Å². The van der Waals surface area contributed by atoms with E-state index >= 15 is 0 Å². The molecule has 2 heterocycles. The monoisotopic (exact) mass is 497 g/mol. The molecule has 2 aliphatic heterocycles. The van der Waals surface area contributed by atoms with Gasteiger partial charge in [-0.25, -0.2) is 0 Å². The summed E-state index contributed by atoms with van der Waals surface area (Å²) < 4.78 is 0. The van der Waals surface area contributed by atoms with Crippen LogP contribution in [0.3, 0.4) is 0 Å². The number of nitrogens with zero attached hydrogens (tertiary/aromatic N) is 1. The van der Waals surface area contributed by atoms with Crippen LogP contribution in [0.1, 0.15) is 37.3 Å². The Bertz CT molecular complexity index is 1120. The Labute approximate surface area is 210 Å². The molecule has 0 bridgehead atoms. The van der Waals surface area contributed by atoms with Gasteiger partial charge in [0.05, 0.1) is 18.2 Å². The van der Waals surface area contributed by atoms with Gasteiger partial charge in [-0.3, -0.25) is 9.59 Å². The largest absolute Gasteiger partial charge is 0.396 e. The van der Waals surface area contributed by atoms with Gasteiger partial charge in [-0.2, -0.15) is 0 Å². The zero-order valence-corrected chi connectivity index (χ0v) is 20.6. The van der Waals surface area contributed by atoms with E-state index in [0.29, 0.717) is 34.9 Å². The van der Waals surface area contributed by atoms with Gasteiger partial charge in [-0.15, -0.1) is 0 Å². The lowest BCUT2D eigenvalue weighted by Crippen LogP contribution is -2.44. The molecule has 0 aromatic heterocycles. The molecule has 1 unspecified atom stereocenters. The first-order valence-corrected chi connectivity index (χ1v) is 12.4. The third-order valence-corrected chi connectivity index (χ3v) is 7.05. The zero-order valence-electron chi connectivity index (χ0n) is 19.8. The first-order valence-electron chi connectivity index (χ1n) is 12.1. The summed E-state index contributed by atoms with van der Waals surface area (Å²) in [7, 11) is 0. The number of carbonyl (C=O) groups excluding carboxylic acids is 2. The third-order valence-electron chi connectivity index (χ3n) is 6.81. The molecular weight excluding hydrogens is 466 g/mol. The number of carbonyl (C=O) groups is 2. The maximum atomic E-state index is 13.6. The Morgan fingerprint density at radius 1 is 1.34 bits per heavy atom. The van der Waals surface area contributed by atoms with E-state index in [1.54, 1.807) is 42.2 Å². The summed E-state index contributed by atoms with van der Waals surface area (Å²) in [5.41, 5.74) is 0.798. The molecule has 0 aliphatic carbocycles. The lowest BCUT2D eigenvalue weighted by molar-refractivity contribution is -0.139. The number of halogens is 1. The molecule has 35 heavy (non-hydrogen) atoms. The molecular formula is C27H32ClN3O4. The second kappa shape index (κ2) is 10.9. The highest BCUT2D eigenvalue weighted by Crippen LogP contribution is 2.46. The van der Waals surface area contributed by atoms with Gasteiger partial charge in [0.2, 0.25) is 5.91 Å². The predicted octanol–water partition coefficient (Wildman–Crippen LogP) is 3.59. The van der Waals surface area contributed by atoms with Crippen molar-refractivity contribution in [3.8, 4) is 0 Å². The van der Waals surface area contributed by atoms with E-state index in [4.69, 9.17) is 16.7 Å². The van der Waals surface area contributed by atoms with Crippen molar-refractivity contribution in [3.05, 3.63) is 70.8 Å². The number of hydrogen-bond acceptors (Lipinski definition) is 5. The van der Waals surface area contributed by atoms with Crippen LogP contribution in [0.15, 0.2) is 54.6 Å². The number of benzene rings is 2. The van der Waals surface area contributed by atoms with Crippen molar-refractivity contribution in [1.29, 1.82) is 0 Å². The van der Waals surface area contributed by atoms with Crippen molar-refractivity contribution >= 4 is 34.8 Å². The lowest BCUT2D eigenvalue weighted by atomic mass is 9.83. The standard InChI is InChI=1S/C27H32ClN3O4/c1-18(6-2-3-13-32)27(35)23-15-21(28)10-11-24(23)31(26(27)34)17-19-7-4-9-22(14-19)30-25(33)20-8-5-12-29-16-20/h2,4,6-7,9-11,14-15,18,20,29,32,35H,3,5,8,12-13,16-17H2,1H3,(H,30,33)/b6-2+/t18-,20?,27+/m0/s1. The van der Waals surface area contributed by atoms with Crippen LogP contribution in [0.25, 0.3) is 0 Å². The fourth-order valence-corrected chi connectivity index (χ4v) is 5.01. The van der Waals surface area contributed by atoms with Gasteiger partial charge in [0.15, 0.2) is 5.60 Å². The number of nitrogens with one attached hydrogen (secondary N) is 2. The highest BCUT2D eigenvalue weighted by Gasteiger charge is 2.52. The minimum absolute atomic E-state index is 0.00568. The minimum atomic E-state index is -1.77. The molecule has 0 radical (unpaired) electrons. The van der Waals surface area contributed by atoms with Gasteiger partial charge in [-0.1, -0.05) is 42.8 Å². The second-order valence-corrected chi connectivity index (χ2v) is 9.72. The summed E-state index contributed by atoms with van der Waals surface area (Å²) in [6, 6.07) is 12.5. The average Bonchev–Trinajstić information content (AvgIpc) is 3.07. The van der Waals surface area contributed by atoms with Crippen LogP contribution in [0.2, 0.25) is 5.02 Å². The number of piperidine rings is 1. The van der Waals surface area contributed by atoms with Gasteiger partial charge >= 0.3 is 0 Å². The van der Waals surface area contributed by atoms with E-state index in [9.17, 15) is 14.7 Å². The van der Waals surface area contributed by atoms with Crippen molar-refractivity contribution < 1.29 is 19.8 Å². The van der Waals surface area contributed by atoms with Crippen LogP contribution >= 0.6 is 11.6 Å². The van der Waals surface area contributed by atoms with Crippen molar-refractivity contribution in [2.75, 3.05) is 29.9 Å². The Kier molecular flexibility index (Phi) is 7.91. The molecule has 0 saturated carbocycles. The molecule has 3 atom stereocenters. The summed E-state index contributed by atoms with van der Waals surface area (Å²) in [4.78, 5) is 27.8. The molecule has 2 amide bonds. The molecule has 1 saturated heterocycles. The fraction of sp³-hybridized carbons (Fsp3) is 0.407. The van der Waals surface area contributed by atoms with E-state index < -0.39 is 17.4 Å². The Morgan fingerprint density at radius 2 is 2.17 bits per heavy atom. The van der Waals surface area contributed by atoms with Crippen LogP contribution in [-0.2, 0) is 21.7 Å². The lowest BCUT2D eigenvalue weighted by Gasteiger charge is -2.28. The molecule has 2 aromatic carbocycles. The maximum Gasteiger partial charge on any atom is 0.264 e. The van der Waals surface area contributed by atoms with E-state index in [-0.39, 0.29) is 25.0 Å². The summed E-state index contributed by atoms with van der Waals surface area (Å²) in [5, 5.41) is 27.4. The predicted molar refractivity (Wildman–Crippen MR) is 137 cm³/mol. The Morgan fingerprint density at radius 3 is 2.91 bits per heavy atom. The Balaban J connectivity index is 1.57. The fourth-order valence-electron chi connectivity index (χ4n) is 4.84. The molecule has 2 aliphatic rings. The van der Waals surface area contributed by atoms with Gasteiger partial charge in [-0.05, 0) is 61.7 Å². The molecule has 4 N–H and O–H groups in total. The maximum absolute atomic E-state index is 13.6. The van der Waals surface area contributed by atoms with E-state index in [1.807, 2.05) is 24.3 Å². The first-order chi connectivity index (χ1) is 16.8. The molecule has 7 nitrogen and oxygen atoms in total. The van der Waals surface area contributed by atoms with Crippen LogP contribution in [0, 0.1) is 11.8 Å². The van der Waals surface area contributed by atoms with Gasteiger partial charge in [0.1, 0.15) is 0 Å². The van der Waals surface area contributed by atoms with Gasteiger partial charge in [0.25, 0.3) is 5.91 Å². The number of fused-ring (bicyclic) bond motifs is 1. The van der Waals surface area contributed by atoms with Crippen LogP contribution < -0.4 is 15.5 Å². The summed E-state index contributed by atoms with van der Waals surface area (Å²) in [6.07, 6.45) is 5.80. The normalized spacial score (nSPS) is 22.9. The third kappa shape index (κ3) is 5.28. The van der Waals surface area contributed by atoms with Gasteiger partial charge < -0.3 is 25.7 Å². The van der Waals surface area contributed by atoms with Crippen molar-refractivity contribution in [2.24, 2.45) is 11.8 Å². The molecule has 1 fully saturated rings. The molecule has 0 spiro atoms. The molecule has 186 valence electrons. The zero-order chi connectivity index (χ0) is 25.0. The number of amides is 2. The summed E-state index contributed by atoms with van der Waals surface area (Å²) in [5.74, 6) is -1.03. The first kappa shape index (κ1) is 25.4. The van der Waals surface area contributed by atoms with Crippen molar-refractivity contribution in [2.45, 2.75) is 38.3 Å². The van der Waals surface area contributed by atoms with Crippen molar-refractivity contribution in [1.82, 2.24) is 5.32 Å². The van der Waals surface area contributed by atoms with E-state index in [2.05, 4.69) is 10.6 Å². The smallest absolute Gasteiger partial charge is 0.264 e. The minimum Gasteiger partial charge on any atom is -0.396 e. The molecule has 2 aromatic rings.